The molecule has 1 aliphatic rings. The van der Waals surface area contributed by atoms with E-state index >= 15 is 0 Å². The van der Waals surface area contributed by atoms with E-state index in [9.17, 15) is 14.9 Å². The molecule has 124 valence electrons. The van der Waals surface area contributed by atoms with Crippen LogP contribution in [0.4, 0.5) is 11.4 Å². The standard InChI is InChI=1S/C16H16N4O4/c1-24-16(21)5-3-11-2-4-14(15(8-11)20(22)23)19-7-6-13-12(10-19)9-17-18-13/h2-5,8-9H,6-7,10H2,1H3,(H,17,18)/b5-3+. The first-order valence-corrected chi connectivity index (χ1v) is 7.39. The quantitative estimate of drug-likeness (QED) is 0.399. The first-order chi connectivity index (χ1) is 11.6. The lowest BCUT2D eigenvalue weighted by Gasteiger charge is -2.28. The van der Waals surface area contributed by atoms with Gasteiger partial charge in [-0.3, -0.25) is 15.2 Å². The number of esters is 1. The van der Waals surface area contributed by atoms with E-state index in [1.165, 1.54) is 25.3 Å². The number of anilines is 1. The molecule has 0 fully saturated rings. The number of benzene rings is 1. The lowest BCUT2D eigenvalue weighted by atomic mass is 10.1. The van der Waals surface area contributed by atoms with Crippen molar-refractivity contribution in [3.8, 4) is 0 Å². The topological polar surface area (TPSA) is 101 Å². The molecule has 0 amide bonds. The Morgan fingerprint density at radius 2 is 2.33 bits per heavy atom. The molecular formula is C16H16N4O4. The number of methoxy groups -OCH3 is 1. The van der Waals surface area contributed by atoms with Crippen LogP contribution >= 0.6 is 0 Å². The zero-order chi connectivity index (χ0) is 17.1. The third-order valence-corrected chi connectivity index (χ3v) is 3.95. The van der Waals surface area contributed by atoms with Crippen LogP contribution in [0.1, 0.15) is 16.8 Å². The third kappa shape index (κ3) is 3.12. The molecule has 0 radical (unpaired) electrons. The molecule has 1 N–H and O–H groups in total. The SMILES string of the molecule is COC(=O)/C=C/c1ccc(N2CCc3[nH]ncc3C2)c([N+](=O)[O-])c1. The minimum absolute atomic E-state index is 0.00830. The summed E-state index contributed by atoms with van der Waals surface area (Å²) in [5.74, 6) is -0.509. The number of hydrogen-bond donors (Lipinski definition) is 1. The van der Waals surface area contributed by atoms with E-state index in [-0.39, 0.29) is 5.69 Å². The van der Waals surface area contributed by atoms with Gasteiger partial charge < -0.3 is 9.64 Å². The van der Waals surface area contributed by atoms with Crippen LogP contribution in [0.15, 0.2) is 30.5 Å². The van der Waals surface area contributed by atoms with Crippen molar-refractivity contribution in [3.63, 3.8) is 0 Å². The van der Waals surface area contributed by atoms with Crippen LogP contribution in [-0.4, -0.2) is 34.7 Å². The molecular weight excluding hydrogens is 312 g/mol. The summed E-state index contributed by atoms with van der Waals surface area (Å²) in [5.41, 5.74) is 3.25. The van der Waals surface area contributed by atoms with Gasteiger partial charge in [0.1, 0.15) is 5.69 Å². The number of fused-ring (bicyclic) bond motifs is 1. The largest absolute Gasteiger partial charge is 0.466 e. The number of nitrogens with one attached hydrogen (secondary N) is 1. The number of ether oxygens (including phenoxy) is 1. The van der Waals surface area contributed by atoms with E-state index in [1.54, 1.807) is 18.3 Å². The number of rotatable bonds is 4. The fourth-order valence-electron chi connectivity index (χ4n) is 2.72. The van der Waals surface area contributed by atoms with Crippen molar-refractivity contribution in [2.24, 2.45) is 0 Å². The number of hydrogen-bond acceptors (Lipinski definition) is 6. The third-order valence-electron chi connectivity index (χ3n) is 3.95. The number of nitrogens with zero attached hydrogens (tertiary/aromatic N) is 3. The van der Waals surface area contributed by atoms with Gasteiger partial charge in [-0.2, -0.15) is 5.10 Å². The van der Waals surface area contributed by atoms with Crippen molar-refractivity contribution in [2.75, 3.05) is 18.6 Å². The lowest BCUT2D eigenvalue weighted by Crippen LogP contribution is -2.30. The van der Waals surface area contributed by atoms with Gasteiger partial charge in [0.05, 0.1) is 18.2 Å². The average Bonchev–Trinajstić information content (AvgIpc) is 3.06. The monoisotopic (exact) mass is 328 g/mol. The van der Waals surface area contributed by atoms with Crippen molar-refractivity contribution >= 4 is 23.4 Å². The molecule has 0 saturated carbocycles. The molecule has 8 heteroatoms. The highest BCUT2D eigenvalue weighted by molar-refractivity contribution is 5.87. The van der Waals surface area contributed by atoms with Gasteiger partial charge in [-0.15, -0.1) is 0 Å². The number of aromatic amines is 1. The summed E-state index contributed by atoms with van der Waals surface area (Å²) < 4.78 is 4.52. The Balaban J connectivity index is 1.90. The van der Waals surface area contributed by atoms with Crippen molar-refractivity contribution in [1.82, 2.24) is 10.2 Å². The predicted octanol–water partition coefficient (Wildman–Crippen LogP) is 2.07. The second-order valence-electron chi connectivity index (χ2n) is 5.41. The normalized spacial score (nSPS) is 13.8. The Morgan fingerprint density at radius 3 is 3.08 bits per heavy atom. The summed E-state index contributed by atoms with van der Waals surface area (Å²) >= 11 is 0. The van der Waals surface area contributed by atoms with Gasteiger partial charge in [0.2, 0.25) is 0 Å². The van der Waals surface area contributed by atoms with Gasteiger partial charge in [0.15, 0.2) is 0 Å². The number of carbonyl (C=O) groups excluding carboxylic acids is 1. The predicted molar refractivity (Wildman–Crippen MR) is 87.5 cm³/mol. The zero-order valence-corrected chi connectivity index (χ0v) is 13.1. The maximum absolute atomic E-state index is 11.5. The van der Waals surface area contributed by atoms with Gasteiger partial charge in [-0.25, -0.2) is 4.79 Å². The first-order valence-electron chi connectivity index (χ1n) is 7.39. The molecule has 0 spiro atoms. The van der Waals surface area contributed by atoms with Gasteiger partial charge in [-0.1, -0.05) is 6.07 Å². The van der Waals surface area contributed by atoms with Gasteiger partial charge in [0, 0.05) is 42.9 Å². The second-order valence-corrected chi connectivity index (χ2v) is 5.41. The second kappa shape index (κ2) is 6.53. The van der Waals surface area contributed by atoms with Crippen molar-refractivity contribution < 1.29 is 14.5 Å². The van der Waals surface area contributed by atoms with Crippen LogP contribution < -0.4 is 4.90 Å². The maximum atomic E-state index is 11.5. The Bertz CT molecular complexity index is 812. The Hall–Kier alpha value is -3.16. The van der Waals surface area contributed by atoms with Crippen molar-refractivity contribution in [1.29, 1.82) is 0 Å². The summed E-state index contributed by atoms with van der Waals surface area (Å²) in [7, 11) is 1.28. The molecule has 0 atom stereocenters. The van der Waals surface area contributed by atoms with Gasteiger partial charge >= 0.3 is 5.97 Å². The zero-order valence-electron chi connectivity index (χ0n) is 13.1. The van der Waals surface area contributed by atoms with E-state index in [2.05, 4.69) is 14.9 Å². The van der Waals surface area contributed by atoms with Crippen molar-refractivity contribution in [2.45, 2.75) is 13.0 Å². The van der Waals surface area contributed by atoms with E-state index < -0.39 is 10.9 Å². The summed E-state index contributed by atoms with van der Waals surface area (Å²) in [6, 6.07) is 4.91. The Kier molecular flexibility index (Phi) is 4.28. The first kappa shape index (κ1) is 15.7. The molecule has 0 unspecified atom stereocenters. The molecule has 1 aliphatic heterocycles. The highest BCUT2D eigenvalue weighted by Gasteiger charge is 2.24. The number of nitro benzene ring substituents is 1. The van der Waals surface area contributed by atoms with E-state index in [0.29, 0.717) is 24.3 Å². The summed E-state index contributed by atoms with van der Waals surface area (Å²) in [4.78, 5) is 24.2. The molecule has 24 heavy (non-hydrogen) atoms. The van der Waals surface area contributed by atoms with Crippen LogP contribution in [-0.2, 0) is 22.5 Å². The van der Waals surface area contributed by atoms with Gasteiger partial charge in [-0.05, 0) is 17.7 Å². The molecule has 2 heterocycles. The molecule has 2 aromatic rings. The van der Waals surface area contributed by atoms with Crippen LogP contribution in [0.2, 0.25) is 0 Å². The summed E-state index contributed by atoms with van der Waals surface area (Å²) in [6.07, 6.45) is 5.24. The number of H-pyrrole nitrogens is 1. The molecule has 1 aromatic carbocycles. The smallest absolute Gasteiger partial charge is 0.330 e. The minimum Gasteiger partial charge on any atom is -0.466 e. The van der Waals surface area contributed by atoms with Crippen LogP contribution in [0.25, 0.3) is 6.08 Å². The average molecular weight is 328 g/mol. The molecule has 1 aromatic heterocycles. The number of aromatic nitrogens is 2. The minimum atomic E-state index is -0.509. The molecule has 0 aliphatic carbocycles. The number of nitro groups is 1. The highest BCUT2D eigenvalue weighted by atomic mass is 16.6. The van der Waals surface area contributed by atoms with E-state index in [1.807, 2.05) is 4.90 Å². The van der Waals surface area contributed by atoms with E-state index in [4.69, 9.17) is 0 Å². The van der Waals surface area contributed by atoms with E-state index in [0.717, 1.165) is 17.7 Å². The fraction of sp³-hybridized carbons (Fsp3) is 0.250. The summed E-state index contributed by atoms with van der Waals surface area (Å²) in [6.45, 7) is 1.25. The number of carbonyl (C=O) groups is 1. The molecule has 3 rings (SSSR count). The van der Waals surface area contributed by atoms with Crippen LogP contribution in [0.5, 0.6) is 0 Å². The summed E-state index contributed by atoms with van der Waals surface area (Å²) in [5, 5.41) is 18.4. The molecule has 8 nitrogen and oxygen atoms in total. The Labute approximate surface area is 137 Å². The van der Waals surface area contributed by atoms with Crippen LogP contribution in [0, 0.1) is 10.1 Å². The Morgan fingerprint density at radius 1 is 1.50 bits per heavy atom. The molecule has 0 bridgehead atoms. The highest BCUT2D eigenvalue weighted by Crippen LogP contribution is 2.32. The lowest BCUT2D eigenvalue weighted by molar-refractivity contribution is -0.384. The van der Waals surface area contributed by atoms with Crippen molar-refractivity contribution in [3.05, 3.63) is 57.4 Å². The van der Waals surface area contributed by atoms with Crippen LogP contribution in [0.3, 0.4) is 0 Å². The molecule has 0 saturated heterocycles. The maximum Gasteiger partial charge on any atom is 0.330 e. The fourth-order valence-corrected chi connectivity index (χ4v) is 2.72. The van der Waals surface area contributed by atoms with Gasteiger partial charge in [0.25, 0.3) is 5.69 Å².